The molecule has 0 aliphatic heterocycles. The van der Waals surface area contributed by atoms with Gasteiger partial charge < -0.3 is 0 Å². The highest BCUT2D eigenvalue weighted by molar-refractivity contribution is 7.61. The molecule has 0 spiro atoms. The van der Waals surface area contributed by atoms with E-state index in [1.54, 1.807) is 0 Å². The van der Waals surface area contributed by atoms with Gasteiger partial charge in [-0.25, -0.2) is 0 Å². The molecule has 0 aliphatic carbocycles. The molecule has 0 bridgehead atoms. The Hall–Kier alpha value is -2.63. The molecule has 200 valence electrons. The Balaban J connectivity index is 0.000000263. The molecule has 2 heteroatoms. The summed E-state index contributed by atoms with van der Waals surface area (Å²) in [6, 6.07) is 43.5. The molecule has 0 saturated heterocycles. The average Bonchev–Trinajstić information content (AvgIpc) is 2.90. The molecule has 1 unspecified atom stereocenters. The maximum absolute atomic E-state index is 2.44. The van der Waals surface area contributed by atoms with Crippen LogP contribution >= 0.6 is 7.92 Å². The van der Waals surface area contributed by atoms with E-state index in [-0.39, 0.29) is 7.92 Å². The Morgan fingerprint density at radius 1 is 0.500 bits per heavy atom. The molecule has 0 aliphatic rings. The highest BCUT2D eigenvalue weighted by atomic mass is 31.1. The Labute approximate surface area is 234 Å². The zero-order valence-electron chi connectivity index (χ0n) is 24.9. The van der Waals surface area contributed by atoms with E-state index in [2.05, 4.69) is 177 Å². The van der Waals surface area contributed by atoms with E-state index in [0.29, 0.717) is 10.3 Å². The molecule has 0 fully saturated rings. The summed E-state index contributed by atoms with van der Waals surface area (Å²) in [6.45, 7) is 19.3. The molecule has 1 atom stereocenters. The van der Waals surface area contributed by atoms with Crippen molar-refractivity contribution in [2.45, 2.75) is 77.8 Å². The summed E-state index contributed by atoms with van der Waals surface area (Å²) in [6.07, 6.45) is 0.121. The van der Waals surface area contributed by atoms with E-state index in [9.17, 15) is 0 Å². The lowest BCUT2D eigenvalue weighted by Gasteiger charge is -2.44. The molecule has 4 aromatic carbocycles. The lowest BCUT2D eigenvalue weighted by Crippen LogP contribution is -2.74. The first-order valence-electron chi connectivity index (χ1n) is 14.3. The van der Waals surface area contributed by atoms with Gasteiger partial charge in [-0.15, -0.1) is 0 Å². The van der Waals surface area contributed by atoms with Gasteiger partial charge in [0.2, 0.25) is 0 Å². The molecule has 0 heterocycles. The molecule has 0 N–H and O–H groups in total. The van der Waals surface area contributed by atoms with Gasteiger partial charge in [-0.1, -0.05) is 128 Å². The predicted octanol–water partition coefficient (Wildman–Crippen LogP) is 7.66. The van der Waals surface area contributed by atoms with Crippen LogP contribution in [0.5, 0.6) is 0 Å². The van der Waals surface area contributed by atoms with Crippen molar-refractivity contribution in [1.82, 2.24) is 0 Å². The Bertz CT molecular complexity index is 1030. The molecule has 0 amide bonds. The number of hydrogen-bond donors (Lipinski definition) is 0. The van der Waals surface area contributed by atoms with Crippen molar-refractivity contribution < 1.29 is 0 Å². The first kappa shape index (κ1) is 29.9. The number of hydrogen-bond acceptors (Lipinski definition) is 0. The van der Waals surface area contributed by atoms with E-state index in [1.807, 2.05) is 0 Å². The monoisotopic (exact) mass is 522 g/mol. The first-order valence-corrected chi connectivity index (χ1v) is 15.9. The summed E-state index contributed by atoms with van der Waals surface area (Å²) in [5.74, 6) is 0. The van der Waals surface area contributed by atoms with Gasteiger partial charge in [0.1, 0.15) is 6.15 Å². The van der Waals surface area contributed by atoms with Gasteiger partial charge in [-0.05, 0) is 54.9 Å². The third kappa shape index (κ3) is 6.87. The van der Waals surface area contributed by atoms with Gasteiger partial charge in [-0.2, -0.15) is 21.9 Å². The standard InChI is InChI=1S/C24H20B.C12H27P/c1-5-13-21(14-6-1)25(22-15-7-2-8-16-22,23-17-9-3-10-18-23)24-19-11-4-12-20-24;1-9-10(2)13(11(3,4)5)12(6,7)8/h1-20H;10H,9H2,1-8H3/q-1;/p+1. The van der Waals surface area contributed by atoms with E-state index in [0.717, 1.165) is 5.66 Å². The van der Waals surface area contributed by atoms with Crippen molar-refractivity contribution in [3.05, 3.63) is 121 Å². The summed E-state index contributed by atoms with van der Waals surface area (Å²) in [4.78, 5) is 0. The van der Waals surface area contributed by atoms with Crippen molar-refractivity contribution in [2.75, 3.05) is 0 Å². The Morgan fingerprint density at radius 3 is 0.895 bits per heavy atom. The van der Waals surface area contributed by atoms with Crippen LogP contribution in [0.2, 0.25) is 0 Å². The molecule has 4 rings (SSSR count). The summed E-state index contributed by atoms with van der Waals surface area (Å²) < 4.78 is 0. The van der Waals surface area contributed by atoms with Crippen molar-refractivity contribution in [3.8, 4) is 0 Å². The molecule has 0 saturated carbocycles. The second kappa shape index (κ2) is 13.0. The maximum Gasteiger partial charge on any atom is 0.108 e. The minimum absolute atomic E-state index is 0.304. The topological polar surface area (TPSA) is 0 Å². The molecule has 4 aromatic rings. The van der Waals surface area contributed by atoms with Gasteiger partial charge in [0, 0.05) is 7.92 Å². The molecule has 0 radical (unpaired) electrons. The molecular weight excluding hydrogens is 474 g/mol. The minimum atomic E-state index is -1.22. The molecular formula is C36H48BP. The summed E-state index contributed by atoms with van der Waals surface area (Å²) in [5, 5.41) is 1.05. The fraction of sp³-hybridized carbons (Fsp3) is 0.333. The second-order valence-corrected chi connectivity index (χ2v) is 17.5. The zero-order valence-corrected chi connectivity index (χ0v) is 25.9. The van der Waals surface area contributed by atoms with Crippen LogP contribution < -0.4 is 21.9 Å². The van der Waals surface area contributed by atoms with E-state index < -0.39 is 6.15 Å². The first-order chi connectivity index (χ1) is 18.0. The predicted molar refractivity (Wildman–Crippen MR) is 178 cm³/mol. The van der Waals surface area contributed by atoms with Crippen LogP contribution in [-0.2, 0) is 0 Å². The van der Waals surface area contributed by atoms with Crippen LogP contribution in [-0.4, -0.2) is 22.1 Å². The number of benzene rings is 4. The van der Waals surface area contributed by atoms with Crippen LogP contribution in [0.25, 0.3) is 0 Å². The van der Waals surface area contributed by atoms with Gasteiger partial charge in [0.25, 0.3) is 0 Å². The highest BCUT2D eigenvalue weighted by Crippen LogP contribution is 2.62. The van der Waals surface area contributed by atoms with Crippen LogP contribution in [0.4, 0.5) is 0 Å². The number of rotatable bonds is 6. The summed E-state index contributed by atoms with van der Waals surface area (Å²) in [5.41, 5.74) is 6.28. The Morgan fingerprint density at radius 2 is 0.737 bits per heavy atom. The van der Waals surface area contributed by atoms with Crippen LogP contribution in [0.1, 0.15) is 61.8 Å². The fourth-order valence-electron chi connectivity index (χ4n) is 6.93. The van der Waals surface area contributed by atoms with E-state index in [4.69, 9.17) is 0 Å². The van der Waals surface area contributed by atoms with Gasteiger partial charge in [0.05, 0.1) is 16.0 Å². The zero-order chi connectivity index (χ0) is 27.8. The molecule has 0 aromatic heterocycles. The third-order valence-corrected chi connectivity index (χ3v) is 12.5. The lowest BCUT2D eigenvalue weighted by molar-refractivity contribution is 0.679. The smallest absolute Gasteiger partial charge is 0.108 e. The maximum atomic E-state index is 2.44. The molecule has 0 nitrogen and oxygen atoms in total. The van der Waals surface area contributed by atoms with Crippen LogP contribution in [0.15, 0.2) is 121 Å². The van der Waals surface area contributed by atoms with E-state index in [1.165, 1.54) is 28.3 Å². The van der Waals surface area contributed by atoms with Gasteiger partial charge in [-0.3, -0.25) is 0 Å². The largest absolute Gasteiger partial charge is 0.195 e. The van der Waals surface area contributed by atoms with Crippen LogP contribution in [0, 0.1) is 0 Å². The fourth-order valence-corrected chi connectivity index (χ4v) is 12.5. The van der Waals surface area contributed by atoms with Gasteiger partial charge >= 0.3 is 0 Å². The molecule has 38 heavy (non-hydrogen) atoms. The van der Waals surface area contributed by atoms with E-state index >= 15 is 0 Å². The van der Waals surface area contributed by atoms with Crippen molar-refractivity contribution in [2.24, 2.45) is 0 Å². The second-order valence-electron chi connectivity index (χ2n) is 12.7. The lowest BCUT2D eigenvalue weighted by atomic mass is 9.13. The normalized spacial score (nSPS) is 13.0. The Kier molecular flexibility index (Phi) is 10.2. The van der Waals surface area contributed by atoms with Crippen molar-refractivity contribution in [1.29, 1.82) is 0 Å². The summed E-state index contributed by atoms with van der Waals surface area (Å²) in [7, 11) is -0.304. The SMILES string of the molecule is CCC(C)[PH+](C(C)(C)C)C(C)(C)C.c1ccc([B-](c2ccccc2)(c2ccccc2)c2ccccc2)cc1. The quantitative estimate of drug-likeness (QED) is 0.180. The minimum Gasteiger partial charge on any atom is -0.195 e. The highest BCUT2D eigenvalue weighted by Gasteiger charge is 2.44. The third-order valence-electron chi connectivity index (χ3n) is 7.92. The average molecular weight is 523 g/mol. The summed E-state index contributed by atoms with van der Waals surface area (Å²) >= 11 is 0. The van der Waals surface area contributed by atoms with Crippen LogP contribution in [0.3, 0.4) is 0 Å². The van der Waals surface area contributed by atoms with Gasteiger partial charge in [0.15, 0.2) is 0 Å². The van der Waals surface area contributed by atoms with Crippen molar-refractivity contribution >= 4 is 35.9 Å². The van der Waals surface area contributed by atoms with Crippen molar-refractivity contribution in [3.63, 3.8) is 0 Å².